The van der Waals surface area contributed by atoms with E-state index in [4.69, 9.17) is 0 Å². The molecule has 0 aliphatic rings. The summed E-state index contributed by atoms with van der Waals surface area (Å²) in [4.78, 5) is 2.46. The maximum Gasteiger partial charge on any atom is 0.253 e. The van der Waals surface area contributed by atoms with E-state index >= 15 is 0 Å². The Morgan fingerprint density at radius 2 is 1.55 bits per heavy atom. The highest BCUT2D eigenvalue weighted by Crippen LogP contribution is 2.26. The molecule has 0 bridgehead atoms. The van der Waals surface area contributed by atoms with Gasteiger partial charge in [-0.2, -0.15) is 22.5 Å². The Bertz CT molecular complexity index is 655. The van der Waals surface area contributed by atoms with Crippen LogP contribution in [0.3, 0.4) is 0 Å². The second-order valence-electron chi connectivity index (χ2n) is 4.63. The number of halogens is 5. The summed E-state index contributed by atoms with van der Waals surface area (Å²) in [6.07, 6.45) is -1.15. The van der Waals surface area contributed by atoms with Gasteiger partial charge < -0.3 is 10.4 Å². The number of hydrogen-bond acceptors (Lipinski definition) is 3. The lowest BCUT2D eigenvalue weighted by Gasteiger charge is -2.22. The van der Waals surface area contributed by atoms with Crippen LogP contribution in [0, 0.1) is 23.5 Å². The van der Waals surface area contributed by atoms with Crippen molar-refractivity contribution in [1.82, 2.24) is 4.98 Å². The van der Waals surface area contributed by atoms with Crippen molar-refractivity contribution in [2.24, 2.45) is 0 Å². The first-order valence-electron chi connectivity index (χ1n) is 6.21. The van der Waals surface area contributed by atoms with Crippen LogP contribution < -0.4 is 5.32 Å². The average Bonchev–Trinajstić information content (AvgIpc) is 2.49. The monoisotopic (exact) mass is 378 g/mol. The molecule has 0 saturated carbocycles. The van der Waals surface area contributed by atoms with E-state index in [-0.39, 0.29) is 0 Å². The van der Waals surface area contributed by atoms with Crippen molar-refractivity contribution in [3.8, 4) is 0 Å². The van der Waals surface area contributed by atoms with Crippen molar-refractivity contribution < 1.29 is 22.7 Å². The summed E-state index contributed by atoms with van der Waals surface area (Å²) in [5.74, 6) is -6.80. The zero-order chi connectivity index (χ0) is 16.4. The van der Waals surface area contributed by atoms with Crippen molar-refractivity contribution in [3.05, 3.63) is 57.8 Å². The molecule has 118 valence electrons. The number of nitrogens with zero attached hydrogens (tertiary/aromatic N) is 1. The highest BCUT2D eigenvalue weighted by Gasteiger charge is 2.24. The van der Waals surface area contributed by atoms with Gasteiger partial charge in [0.25, 0.3) is 11.9 Å². The maximum atomic E-state index is 13.5. The van der Waals surface area contributed by atoms with Gasteiger partial charge in [-0.3, -0.25) is 0 Å². The Hall–Kier alpha value is -1.67. The molecular formula is C14H11BrF4N2O. The van der Waals surface area contributed by atoms with Gasteiger partial charge in [-0.1, -0.05) is 28.1 Å². The van der Waals surface area contributed by atoms with E-state index in [1.807, 2.05) is 0 Å². The minimum atomic E-state index is -1.76. The van der Waals surface area contributed by atoms with Crippen LogP contribution in [-0.2, 0) is 0 Å². The third-order valence-electron chi connectivity index (χ3n) is 3.05. The number of pyridine rings is 1. The second-order valence-corrected chi connectivity index (χ2v) is 5.54. The van der Waals surface area contributed by atoms with Crippen LogP contribution >= 0.6 is 15.9 Å². The molecule has 2 unspecified atom stereocenters. The molecule has 0 aliphatic carbocycles. The number of aromatic nitrogens is 1. The molecule has 1 heterocycles. The molecule has 22 heavy (non-hydrogen) atoms. The summed E-state index contributed by atoms with van der Waals surface area (Å²) >= 11 is 3.23. The zero-order valence-electron chi connectivity index (χ0n) is 11.2. The highest BCUT2D eigenvalue weighted by atomic mass is 79.9. The average molecular weight is 379 g/mol. The Morgan fingerprint density at radius 3 is 2.05 bits per heavy atom. The van der Waals surface area contributed by atoms with Crippen LogP contribution in [0.1, 0.15) is 18.6 Å². The van der Waals surface area contributed by atoms with E-state index in [1.54, 1.807) is 24.3 Å². The summed E-state index contributed by atoms with van der Waals surface area (Å²) < 4.78 is 53.9. The fourth-order valence-corrected chi connectivity index (χ4v) is 2.13. The molecule has 0 spiro atoms. The van der Waals surface area contributed by atoms with E-state index < -0.39 is 41.4 Å². The van der Waals surface area contributed by atoms with Crippen molar-refractivity contribution in [2.45, 2.75) is 19.1 Å². The zero-order valence-corrected chi connectivity index (χ0v) is 12.8. The molecule has 2 rings (SSSR count). The van der Waals surface area contributed by atoms with Crippen LogP contribution in [0.4, 0.5) is 23.2 Å². The molecule has 1 aromatic carbocycles. The first kappa shape index (κ1) is 16.7. The number of hydrogen-bond donors (Lipinski definition) is 2. The largest absolute Gasteiger partial charge is 0.386 e. The third-order valence-corrected chi connectivity index (χ3v) is 3.58. The summed E-state index contributed by atoms with van der Waals surface area (Å²) in [7, 11) is 0. The summed E-state index contributed by atoms with van der Waals surface area (Å²) in [5.41, 5.74) is -0.535. The lowest BCUT2D eigenvalue weighted by atomic mass is 10.0. The van der Waals surface area contributed by atoms with Crippen LogP contribution in [0.15, 0.2) is 28.7 Å². The standard InChI is InChI=1S/C14H11BrF4N2O/c1-6(12(22)7-2-4-8(15)5-3-7)20-11-9(16)13(18)21-14(19)10(11)17/h2-6,12,22H,1H3,(H,20,21). The number of anilines is 1. The molecule has 2 N–H and O–H groups in total. The minimum absolute atomic E-state index is 0.471. The molecule has 3 nitrogen and oxygen atoms in total. The van der Waals surface area contributed by atoms with Crippen LogP contribution in [-0.4, -0.2) is 16.1 Å². The van der Waals surface area contributed by atoms with E-state index in [1.165, 1.54) is 6.92 Å². The van der Waals surface area contributed by atoms with Gasteiger partial charge in [0, 0.05) is 4.47 Å². The third kappa shape index (κ3) is 3.38. The topological polar surface area (TPSA) is 45.2 Å². The molecule has 2 atom stereocenters. The number of aliphatic hydroxyl groups is 1. The van der Waals surface area contributed by atoms with Crippen LogP contribution in [0.25, 0.3) is 0 Å². The van der Waals surface area contributed by atoms with Crippen LogP contribution in [0.5, 0.6) is 0 Å². The van der Waals surface area contributed by atoms with E-state index in [0.29, 0.717) is 5.56 Å². The van der Waals surface area contributed by atoms with Gasteiger partial charge in [-0.15, -0.1) is 0 Å². The summed E-state index contributed by atoms with van der Waals surface area (Å²) in [5, 5.41) is 12.4. The molecule has 0 aliphatic heterocycles. The number of nitrogens with one attached hydrogen (secondary N) is 1. The summed E-state index contributed by atoms with van der Waals surface area (Å²) in [6.45, 7) is 1.42. The molecule has 2 aromatic rings. The lowest BCUT2D eigenvalue weighted by molar-refractivity contribution is 0.160. The molecule has 1 aromatic heterocycles. The maximum absolute atomic E-state index is 13.5. The van der Waals surface area contributed by atoms with Gasteiger partial charge in [0.05, 0.1) is 12.1 Å². The first-order valence-corrected chi connectivity index (χ1v) is 7.00. The first-order chi connectivity index (χ1) is 10.3. The predicted molar refractivity (Wildman–Crippen MR) is 76.3 cm³/mol. The van der Waals surface area contributed by atoms with E-state index in [9.17, 15) is 22.7 Å². The quantitative estimate of drug-likeness (QED) is 0.625. The lowest BCUT2D eigenvalue weighted by Crippen LogP contribution is -2.26. The van der Waals surface area contributed by atoms with Gasteiger partial charge in [-0.25, -0.2) is 0 Å². The van der Waals surface area contributed by atoms with Gasteiger partial charge in [-0.05, 0) is 24.6 Å². The highest BCUT2D eigenvalue weighted by molar-refractivity contribution is 9.10. The smallest absolute Gasteiger partial charge is 0.253 e. The van der Waals surface area contributed by atoms with E-state index in [0.717, 1.165) is 4.47 Å². The van der Waals surface area contributed by atoms with Crippen molar-refractivity contribution >= 4 is 21.6 Å². The van der Waals surface area contributed by atoms with Gasteiger partial charge >= 0.3 is 0 Å². The van der Waals surface area contributed by atoms with Gasteiger partial charge in [0.15, 0.2) is 0 Å². The molecule has 0 saturated heterocycles. The van der Waals surface area contributed by atoms with Crippen molar-refractivity contribution in [1.29, 1.82) is 0 Å². The molecule has 8 heteroatoms. The fraction of sp³-hybridized carbons (Fsp3) is 0.214. The SMILES string of the molecule is CC(Nc1c(F)c(F)nc(F)c1F)C(O)c1ccc(Br)cc1. The fourth-order valence-electron chi connectivity index (χ4n) is 1.87. The Morgan fingerprint density at radius 1 is 1.05 bits per heavy atom. The summed E-state index contributed by atoms with van der Waals surface area (Å²) in [6, 6.07) is 5.66. The van der Waals surface area contributed by atoms with Crippen molar-refractivity contribution in [2.75, 3.05) is 5.32 Å². The Balaban J connectivity index is 2.25. The number of rotatable bonds is 4. The Labute approximate surface area is 132 Å². The molecule has 0 fully saturated rings. The second kappa shape index (κ2) is 6.62. The van der Waals surface area contributed by atoms with Gasteiger partial charge in [0.1, 0.15) is 5.69 Å². The normalized spacial score (nSPS) is 13.8. The molecule has 0 amide bonds. The van der Waals surface area contributed by atoms with Gasteiger partial charge in [0.2, 0.25) is 11.6 Å². The molecular weight excluding hydrogens is 368 g/mol. The number of aliphatic hydroxyl groups excluding tert-OH is 1. The number of benzene rings is 1. The molecule has 0 radical (unpaired) electrons. The van der Waals surface area contributed by atoms with Crippen molar-refractivity contribution in [3.63, 3.8) is 0 Å². The van der Waals surface area contributed by atoms with Crippen LogP contribution in [0.2, 0.25) is 0 Å². The van der Waals surface area contributed by atoms with E-state index in [2.05, 4.69) is 26.2 Å². The predicted octanol–water partition coefficient (Wildman–Crippen LogP) is 3.93. The Kier molecular flexibility index (Phi) is 5.02. The minimum Gasteiger partial charge on any atom is -0.386 e.